The molecule has 0 saturated carbocycles. The van der Waals surface area contributed by atoms with Crippen molar-refractivity contribution in [2.45, 2.75) is 19.9 Å². The van der Waals surface area contributed by atoms with Crippen LogP contribution in [0.15, 0.2) is 22.7 Å². The molecule has 1 aromatic heterocycles. The summed E-state index contributed by atoms with van der Waals surface area (Å²) in [6.45, 7) is 2.33. The topological polar surface area (TPSA) is 86.5 Å². The molecule has 1 aliphatic rings. The van der Waals surface area contributed by atoms with E-state index in [1.165, 1.54) is 0 Å². The van der Waals surface area contributed by atoms with Crippen molar-refractivity contribution in [3.8, 4) is 11.5 Å². The minimum atomic E-state index is -0.163. The Morgan fingerprint density at radius 3 is 3.00 bits per heavy atom. The molecule has 2 heterocycles. The van der Waals surface area contributed by atoms with Gasteiger partial charge in [-0.15, -0.1) is 0 Å². The van der Waals surface area contributed by atoms with Gasteiger partial charge in [0, 0.05) is 13.5 Å². The number of nitrogens with one attached hydrogen (secondary N) is 1. The van der Waals surface area contributed by atoms with Gasteiger partial charge < -0.3 is 19.3 Å². The molecular weight excluding hydrogens is 262 g/mol. The number of ether oxygens (including phenoxy) is 2. The normalized spacial score (nSPS) is 12.4. The predicted octanol–water partition coefficient (Wildman–Crippen LogP) is 0.966. The number of rotatable bonds is 4. The van der Waals surface area contributed by atoms with E-state index in [-0.39, 0.29) is 19.1 Å². The number of hydrogen-bond acceptors (Lipinski definition) is 6. The van der Waals surface area contributed by atoms with E-state index >= 15 is 0 Å². The third-order valence-corrected chi connectivity index (χ3v) is 2.81. The zero-order chi connectivity index (χ0) is 13.9. The van der Waals surface area contributed by atoms with Crippen LogP contribution in [0.1, 0.15) is 17.3 Å². The number of aryl methyl sites for hydroxylation is 1. The zero-order valence-corrected chi connectivity index (χ0v) is 10.9. The second-order valence-electron chi connectivity index (χ2n) is 4.37. The Kier molecular flexibility index (Phi) is 3.24. The summed E-state index contributed by atoms with van der Waals surface area (Å²) >= 11 is 0. The van der Waals surface area contributed by atoms with Gasteiger partial charge in [-0.25, -0.2) is 0 Å². The summed E-state index contributed by atoms with van der Waals surface area (Å²) in [4.78, 5) is 15.7. The summed E-state index contributed by atoms with van der Waals surface area (Å²) < 4.78 is 15.3. The molecule has 2 aromatic rings. The molecule has 3 rings (SSSR count). The molecule has 0 aliphatic carbocycles. The highest BCUT2D eigenvalue weighted by molar-refractivity contribution is 5.77. The first kappa shape index (κ1) is 12.5. The average Bonchev–Trinajstić information content (AvgIpc) is 3.04. The molecule has 20 heavy (non-hydrogen) atoms. The fraction of sp³-hybridized carbons (Fsp3) is 0.308. The van der Waals surface area contributed by atoms with Gasteiger partial charge >= 0.3 is 0 Å². The molecule has 0 fully saturated rings. The summed E-state index contributed by atoms with van der Waals surface area (Å²) in [7, 11) is 0. The molecule has 0 unspecified atom stereocenters. The molecule has 7 nitrogen and oxygen atoms in total. The highest BCUT2D eigenvalue weighted by Gasteiger charge is 2.14. The molecule has 1 aliphatic heterocycles. The highest BCUT2D eigenvalue weighted by atomic mass is 16.7. The lowest BCUT2D eigenvalue weighted by Crippen LogP contribution is -2.24. The predicted molar refractivity (Wildman–Crippen MR) is 67.2 cm³/mol. The van der Waals surface area contributed by atoms with Crippen molar-refractivity contribution in [2.75, 3.05) is 6.79 Å². The fourth-order valence-electron chi connectivity index (χ4n) is 1.87. The Labute approximate surface area is 114 Å². The number of hydrogen-bond donors (Lipinski definition) is 1. The minimum absolute atomic E-state index is 0.0991. The van der Waals surface area contributed by atoms with Crippen molar-refractivity contribution in [2.24, 2.45) is 0 Å². The van der Waals surface area contributed by atoms with Crippen LogP contribution in [0.2, 0.25) is 0 Å². The molecule has 104 valence electrons. The molecule has 0 radical (unpaired) electrons. The van der Waals surface area contributed by atoms with E-state index in [9.17, 15) is 4.79 Å². The van der Waals surface area contributed by atoms with Crippen LogP contribution in [0.25, 0.3) is 0 Å². The Hall–Kier alpha value is -2.57. The molecule has 0 bridgehead atoms. The van der Waals surface area contributed by atoms with Gasteiger partial charge in [-0.3, -0.25) is 4.79 Å². The molecule has 0 atom stereocenters. The van der Waals surface area contributed by atoms with E-state index in [2.05, 4.69) is 15.5 Å². The minimum Gasteiger partial charge on any atom is -0.454 e. The molecular formula is C13H13N3O4. The number of nitrogens with zero attached hydrogens (tertiary/aromatic N) is 2. The van der Waals surface area contributed by atoms with E-state index < -0.39 is 0 Å². The van der Waals surface area contributed by atoms with Crippen LogP contribution >= 0.6 is 0 Å². The van der Waals surface area contributed by atoms with Crippen LogP contribution in [-0.2, 0) is 17.8 Å². The maximum atomic E-state index is 11.7. The summed E-state index contributed by atoms with van der Waals surface area (Å²) in [5.74, 6) is 2.09. The standard InChI is InChI=1S/C13H13N3O4/c1-8-15-12(16-20-8)5-13(17)14-6-9-2-3-10-11(4-9)19-7-18-10/h2-4H,5-7H2,1H3,(H,14,17). The lowest BCUT2D eigenvalue weighted by Gasteiger charge is -2.05. The van der Waals surface area contributed by atoms with Gasteiger partial charge in [-0.1, -0.05) is 11.2 Å². The van der Waals surface area contributed by atoms with Gasteiger partial charge in [0.25, 0.3) is 0 Å². The average molecular weight is 275 g/mol. The smallest absolute Gasteiger partial charge is 0.231 e. The van der Waals surface area contributed by atoms with Crippen molar-refractivity contribution in [1.82, 2.24) is 15.5 Å². The first-order chi connectivity index (χ1) is 9.70. The van der Waals surface area contributed by atoms with Crippen LogP contribution in [0, 0.1) is 6.92 Å². The quantitative estimate of drug-likeness (QED) is 0.894. The first-order valence-corrected chi connectivity index (χ1v) is 6.15. The molecule has 0 spiro atoms. The lowest BCUT2D eigenvalue weighted by molar-refractivity contribution is -0.120. The van der Waals surface area contributed by atoms with Crippen LogP contribution in [-0.4, -0.2) is 22.8 Å². The van der Waals surface area contributed by atoms with Crippen molar-refractivity contribution in [3.05, 3.63) is 35.5 Å². The summed E-state index contributed by atoms with van der Waals surface area (Å²) in [6.07, 6.45) is 0.0991. The number of aromatic nitrogens is 2. The summed E-state index contributed by atoms with van der Waals surface area (Å²) in [5.41, 5.74) is 0.937. The summed E-state index contributed by atoms with van der Waals surface area (Å²) in [6, 6.07) is 5.56. The largest absolute Gasteiger partial charge is 0.454 e. The van der Waals surface area contributed by atoms with Gasteiger partial charge in [-0.05, 0) is 17.7 Å². The molecule has 1 aromatic carbocycles. The van der Waals surface area contributed by atoms with Gasteiger partial charge in [0.15, 0.2) is 17.3 Å². The van der Waals surface area contributed by atoms with Gasteiger partial charge in [-0.2, -0.15) is 4.98 Å². The number of benzene rings is 1. The van der Waals surface area contributed by atoms with E-state index in [0.717, 1.165) is 11.3 Å². The van der Waals surface area contributed by atoms with Gasteiger partial charge in [0.05, 0.1) is 6.42 Å². The Morgan fingerprint density at radius 2 is 2.20 bits per heavy atom. The highest BCUT2D eigenvalue weighted by Crippen LogP contribution is 2.32. The molecule has 1 amide bonds. The van der Waals surface area contributed by atoms with Crippen LogP contribution in [0.4, 0.5) is 0 Å². The van der Waals surface area contributed by atoms with E-state index in [4.69, 9.17) is 14.0 Å². The third kappa shape index (κ3) is 2.71. The van der Waals surface area contributed by atoms with Crippen molar-refractivity contribution in [3.63, 3.8) is 0 Å². The van der Waals surface area contributed by atoms with E-state index in [1.54, 1.807) is 6.92 Å². The zero-order valence-electron chi connectivity index (χ0n) is 10.9. The van der Waals surface area contributed by atoms with Gasteiger partial charge in [0.2, 0.25) is 18.6 Å². The Balaban J connectivity index is 1.55. The van der Waals surface area contributed by atoms with E-state index in [1.807, 2.05) is 18.2 Å². The van der Waals surface area contributed by atoms with Gasteiger partial charge in [0.1, 0.15) is 0 Å². The lowest BCUT2D eigenvalue weighted by atomic mass is 10.2. The first-order valence-electron chi connectivity index (χ1n) is 6.15. The fourth-order valence-corrected chi connectivity index (χ4v) is 1.87. The van der Waals surface area contributed by atoms with Crippen LogP contribution in [0.5, 0.6) is 11.5 Å². The van der Waals surface area contributed by atoms with Crippen LogP contribution < -0.4 is 14.8 Å². The third-order valence-electron chi connectivity index (χ3n) is 2.81. The van der Waals surface area contributed by atoms with E-state index in [0.29, 0.717) is 24.0 Å². The Morgan fingerprint density at radius 1 is 1.35 bits per heavy atom. The number of amides is 1. The molecule has 1 N–H and O–H groups in total. The number of fused-ring (bicyclic) bond motifs is 1. The number of carbonyl (C=O) groups is 1. The summed E-state index contributed by atoms with van der Waals surface area (Å²) in [5, 5.41) is 6.47. The van der Waals surface area contributed by atoms with Crippen LogP contribution in [0.3, 0.4) is 0 Å². The SMILES string of the molecule is Cc1nc(CC(=O)NCc2ccc3c(c2)OCO3)no1. The Bertz CT molecular complexity index is 638. The number of carbonyl (C=O) groups excluding carboxylic acids is 1. The second-order valence-corrected chi connectivity index (χ2v) is 4.37. The monoisotopic (exact) mass is 275 g/mol. The van der Waals surface area contributed by atoms with Crippen molar-refractivity contribution < 1.29 is 18.8 Å². The van der Waals surface area contributed by atoms with Crippen molar-refractivity contribution in [1.29, 1.82) is 0 Å². The second kappa shape index (κ2) is 5.20. The molecule has 7 heteroatoms. The molecule has 0 saturated heterocycles. The maximum absolute atomic E-state index is 11.7. The maximum Gasteiger partial charge on any atom is 0.231 e. The van der Waals surface area contributed by atoms with Crippen molar-refractivity contribution >= 4 is 5.91 Å².